The molecule has 190 valence electrons. The number of rotatable bonds is 4. The van der Waals surface area contributed by atoms with Gasteiger partial charge >= 0.3 is 12.3 Å². The SMILES string of the molecule is CC(C)C[C@]1(C(=O)N2CCc3c(cc(C(F)(F)F)c[n+]3[O-])C2)CC[C@@H](NC(=O)OC(C)(C)C)C1. The van der Waals surface area contributed by atoms with E-state index in [0.29, 0.717) is 31.9 Å². The predicted molar refractivity (Wildman–Crippen MR) is 118 cm³/mol. The molecule has 1 saturated carbocycles. The zero-order valence-corrected chi connectivity index (χ0v) is 20.4. The molecule has 34 heavy (non-hydrogen) atoms. The molecule has 0 radical (unpaired) electrons. The number of nitrogens with one attached hydrogen (secondary N) is 1. The maximum Gasteiger partial charge on any atom is 0.422 e. The van der Waals surface area contributed by atoms with Gasteiger partial charge in [-0.05, 0) is 58.4 Å². The van der Waals surface area contributed by atoms with Gasteiger partial charge in [0.15, 0.2) is 11.9 Å². The van der Waals surface area contributed by atoms with Crippen LogP contribution in [0.25, 0.3) is 0 Å². The van der Waals surface area contributed by atoms with Gasteiger partial charge < -0.3 is 20.2 Å². The molecule has 1 aliphatic heterocycles. The Hall–Kier alpha value is -2.52. The molecule has 0 bridgehead atoms. The lowest BCUT2D eigenvalue weighted by atomic mass is 9.76. The number of amides is 2. The van der Waals surface area contributed by atoms with Gasteiger partial charge in [-0.1, -0.05) is 13.8 Å². The topological polar surface area (TPSA) is 85.6 Å². The van der Waals surface area contributed by atoms with Crippen LogP contribution in [-0.4, -0.2) is 35.1 Å². The van der Waals surface area contributed by atoms with Crippen molar-refractivity contribution in [3.63, 3.8) is 0 Å². The molecule has 1 aliphatic carbocycles. The van der Waals surface area contributed by atoms with Gasteiger partial charge in [0.1, 0.15) is 11.2 Å². The lowest BCUT2D eigenvalue weighted by molar-refractivity contribution is -0.616. The van der Waals surface area contributed by atoms with Crippen LogP contribution in [0.3, 0.4) is 0 Å². The van der Waals surface area contributed by atoms with Crippen LogP contribution >= 0.6 is 0 Å². The summed E-state index contributed by atoms with van der Waals surface area (Å²) in [4.78, 5) is 27.6. The molecule has 0 aromatic carbocycles. The van der Waals surface area contributed by atoms with Gasteiger partial charge in [0, 0.05) is 18.2 Å². The summed E-state index contributed by atoms with van der Waals surface area (Å²) in [5.74, 6) is 0.0807. The summed E-state index contributed by atoms with van der Waals surface area (Å²) in [5, 5.41) is 15.0. The first-order valence-electron chi connectivity index (χ1n) is 11.7. The lowest BCUT2D eigenvalue weighted by Gasteiger charge is -2.37. The maximum atomic E-state index is 13.8. The molecule has 0 unspecified atom stereocenters. The second-order valence-electron chi connectivity index (χ2n) is 11.0. The highest BCUT2D eigenvalue weighted by Crippen LogP contribution is 2.45. The zero-order chi connectivity index (χ0) is 25.5. The Balaban J connectivity index is 1.79. The van der Waals surface area contributed by atoms with Crippen molar-refractivity contribution in [2.45, 2.75) is 91.1 Å². The number of aromatic nitrogens is 1. The summed E-state index contributed by atoms with van der Waals surface area (Å²) < 4.78 is 45.3. The molecule has 2 amide bonds. The second kappa shape index (κ2) is 9.26. The molecule has 1 N–H and O–H groups in total. The molecule has 1 aromatic rings. The van der Waals surface area contributed by atoms with Crippen molar-refractivity contribution in [3.05, 3.63) is 34.3 Å². The third kappa shape index (κ3) is 5.93. The number of alkyl carbamates (subject to hydrolysis) is 1. The first-order valence-corrected chi connectivity index (χ1v) is 11.7. The number of ether oxygens (including phenoxy) is 1. The standard InChI is InChI=1S/C24H34F3N3O4/c1-15(2)11-23(8-6-18(12-23)28-21(32)34-22(3,4)5)20(31)29-9-7-19-16(13-29)10-17(14-30(19)33)24(25,26)27/h10,14-15,18H,6-9,11-13H2,1-5H3,(H,28,32)/t18-,23-/m1/s1. The van der Waals surface area contributed by atoms with Crippen LogP contribution in [0.1, 0.15) is 77.1 Å². The number of hydrogen-bond donors (Lipinski definition) is 1. The monoisotopic (exact) mass is 485 g/mol. The Bertz CT molecular complexity index is 943. The molecule has 0 spiro atoms. The van der Waals surface area contributed by atoms with E-state index < -0.39 is 28.8 Å². The number of nitrogens with zero attached hydrogens (tertiary/aromatic N) is 2. The summed E-state index contributed by atoms with van der Waals surface area (Å²) in [6.07, 6.45) is -2.20. The molecule has 1 fully saturated rings. The third-order valence-electron chi connectivity index (χ3n) is 6.40. The Morgan fingerprint density at radius 2 is 2.00 bits per heavy atom. The maximum absolute atomic E-state index is 13.8. The Labute approximate surface area is 198 Å². The Kier molecular flexibility index (Phi) is 7.11. The average Bonchev–Trinajstić information content (AvgIpc) is 3.07. The molecule has 3 rings (SSSR count). The highest BCUT2D eigenvalue weighted by molar-refractivity contribution is 5.83. The molecule has 2 aliphatic rings. The quantitative estimate of drug-likeness (QED) is 0.508. The van der Waals surface area contributed by atoms with Crippen molar-refractivity contribution in [2.75, 3.05) is 6.54 Å². The molecule has 1 aromatic heterocycles. The van der Waals surface area contributed by atoms with E-state index in [9.17, 15) is 28.0 Å². The highest BCUT2D eigenvalue weighted by Gasteiger charge is 2.48. The Morgan fingerprint density at radius 3 is 2.59 bits per heavy atom. The first-order chi connectivity index (χ1) is 15.6. The molecule has 10 heteroatoms. The summed E-state index contributed by atoms with van der Waals surface area (Å²) in [5.41, 5.74) is -1.88. The van der Waals surface area contributed by atoms with E-state index in [1.54, 1.807) is 25.7 Å². The van der Waals surface area contributed by atoms with Crippen molar-refractivity contribution < 1.29 is 32.2 Å². The van der Waals surface area contributed by atoms with E-state index in [-0.39, 0.29) is 53.4 Å². The fourth-order valence-electron chi connectivity index (χ4n) is 5.22. The molecular formula is C24H34F3N3O4. The number of pyridine rings is 1. The smallest absolute Gasteiger partial charge is 0.422 e. The Morgan fingerprint density at radius 1 is 1.32 bits per heavy atom. The van der Waals surface area contributed by atoms with E-state index in [1.807, 2.05) is 13.8 Å². The number of halogens is 3. The number of carbonyl (C=O) groups is 2. The molecule has 2 atom stereocenters. The summed E-state index contributed by atoms with van der Waals surface area (Å²) in [7, 11) is 0. The van der Waals surface area contributed by atoms with E-state index >= 15 is 0 Å². The van der Waals surface area contributed by atoms with Gasteiger partial charge in [-0.2, -0.15) is 17.9 Å². The van der Waals surface area contributed by atoms with Crippen LogP contribution in [0.15, 0.2) is 12.3 Å². The lowest BCUT2D eigenvalue weighted by Crippen LogP contribution is -2.49. The van der Waals surface area contributed by atoms with Gasteiger partial charge in [-0.15, -0.1) is 0 Å². The van der Waals surface area contributed by atoms with Crippen molar-refractivity contribution in [1.29, 1.82) is 0 Å². The fourth-order valence-corrected chi connectivity index (χ4v) is 5.22. The second-order valence-corrected chi connectivity index (χ2v) is 11.0. The van der Waals surface area contributed by atoms with E-state index in [4.69, 9.17) is 4.74 Å². The molecular weight excluding hydrogens is 451 g/mol. The number of carbonyl (C=O) groups excluding carboxylic acids is 2. The van der Waals surface area contributed by atoms with Gasteiger partial charge in [-0.3, -0.25) is 4.79 Å². The number of fused-ring (bicyclic) bond motifs is 1. The summed E-state index contributed by atoms with van der Waals surface area (Å²) in [6.45, 7) is 9.59. The summed E-state index contributed by atoms with van der Waals surface area (Å²) >= 11 is 0. The van der Waals surface area contributed by atoms with Gasteiger partial charge in [0.25, 0.3) is 0 Å². The van der Waals surface area contributed by atoms with Crippen molar-refractivity contribution in [1.82, 2.24) is 10.2 Å². The van der Waals surface area contributed by atoms with Gasteiger partial charge in [0.2, 0.25) is 5.91 Å². The van der Waals surface area contributed by atoms with Crippen molar-refractivity contribution in [3.8, 4) is 0 Å². The van der Waals surface area contributed by atoms with Crippen molar-refractivity contribution in [2.24, 2.45) is 11.3 Å². The minimum absolute atomic E-state index is 0.0374. The van der Waals surface area contributed by atoms with Gasteiger partial charge in [0.05, 0.1) is 18.4 Å². The minimum Gasteiger partial charge on any atom is -0.618 e. The van der Waals surface area contributed by atoms with E-state index in [0.717, 1.165) is 6.07 Å². The normalized spacial score (nSPS) is 23.1. The van der Waals surface area contributed by atoms with E-state index in [2.05, 4.69) is 5.32 Å². The van der Waals surface area contributed by atoms with Crippen LogP contribution < -0.4 is 10.0 Å². The van der Waals surface area contributed by atoms with E-state index in [1.165, 1.54) is 0 Å². The van der Waals surface area contributed by atoms with Crippen LogP contribution in [0.2, 0.25) is 0 Å². The minimum atomic E-state index is -4.64. The van der Waals surface area contributed by atoms with Crippen LogP contribution in [0, 0.1) is 16.5 Å². The number of hydrogen-bond acceptors (Lipinski definition) is 4. The third-order valence-corrected chi connectivity index (χ3v) is 6.40. The predicted octanol–water partition coefficient (Wildman–Crippen LogP) is 4.33. The largest absolute Gasteiger partial charge is 0.618 e. The molecule has 7 nitrogen and oxygen atoms in total. The van der Waals surface area contributed by atoms with Crippen LogP contribution in [-0.2, 0) is 28.7 Å². The summed E-state index contributed by atoms with van der Waals surface area (Å²) in [6, 6.07) is 0.745. The zero-order valence-electron chi connectivity index (χ0n) is 20.4. The molecule has 2 heterocycles. The average molecular weight is 486 g/mol. The van der Waals surface area contributed by atoms with Crippen LogP contribution in [0.5, 0.6) is 0 Å². The molecule has 0 saturated heterocycles. The van der Waals surface area contributed by atoms with Crippen LogP contribution in [0.4, 0.5) is 18.0 Å². The van der Waals surface area contributed by atoms with Crippen molar-refractivity contribution >= 4 is 12.0 Å². The highest BCUT2D eigenvalue weighted by atomic mass is 19.4. The van der Waals surface area contributed by atoms with Gasteiger partial charge in [-0.25, -0.2) is 4.79 Å². The number of alkyl halides is 3. The first kappa shape index (κ1) is 26.1. The fraction of sp³-hybridized carbons (Fsp3) is 0.708.